The Hall–Kier alpha value is -3.08. The second-order valence-corrected chi connectivity index (χ2v) is 9.99. The Kier molecular flexibility index (Phi) is 5.51. The van der Waals surface area contributed by atoms with E-state index in [1.807, 2.05) is 24.3 Å². The van der Waals surface area contributed by atoms with Crippen LogP contribution in [0.25, 0.3) is 28.1 Å². The summed E-state index contributed by atoms with van der Waals surface area (Å²) in [5.41, 5.74) is 9.00. The molecule has 0 unspecified atom stereocenters. The van der Waals surface area contributed by atoms with Gasteiger partial charge in [0, 0.05) is 43.2 Å². The third-order valence-electron chi connectivity index (χ3n) is 7.47. The van der Waals surface area contributed by atoms with Crippen molar-refractivity contribution in [3.05, 3.63) is 59.8 Å². The van der Waals surface area contributed by atoms with Gasteiger partial charge in [-0.15, -0.1) is 10.2 Å². The number of halogens is 3. The van der Waals surface area contributed by atoms with E-state index in [2.05, 4.69) is 16.3 Å². The van der Waals surface area contributed by atoms with Gasteiger partial charge in [-0.1, -0.05) is 30.3 Å². The van der Waals surface area contributed by atoms with Crippen LogP contribution in [0.2, 0.25) is 0 Å². The van der Waals surface area contributed by atoms with E-state index in [0.29, 0.717) is 36.7 Å². The van der Waals surface area contributed by atoms with Crippen molar-refractivity contribution in [1.29, 1.82) is 0 Å². The Morgan fingerprint density at radius 2 is 1.97 bits per heavy atom. The minimum atomic E-state index is -4.44. The van der Waals surface area contributed by atoms with E-state index in [4.69, 9.17) is 15.5 Å². The molecule has 3 aromatic heterocycles. The smallest absolute Gasteiger partial charge is 0.384 e. The predicted molar refractivity (Wildman–Crippen MR) is 129 cm³/mol. The number of ether oxygens (including phenoxy) is 1. The molecular weight excluding hydrogens is 469 g/mol. The number of hydrogen-bond acceptors (Lipinski definition) is 6. The number of nitrogens with two attached hydrogens (primary N) is 1. The van der Waals surface area contributed by atoms with Crippen LogP contribution in [0.4, 0.5) is 13.2 Å². The fourth-order valence-electron chi connectivity index (χ4n) is 5.52. The molecule has 4 aromatic rings. The monoisotopic (exact) mass is 496 g/mol. The first-order chi connectivity index (χ1) is 17.3. The molecule has 36 heavy (non-hydrogen) atoms. The van der Waals surface area contributed by atoms with Gasteiger partial charge in [0.15, 0.2) is 11.5 Å². The summed E-state index contributed by atoms with van der Waals surface area (Å²) in [5.74, 6) is 0.402. The van der Waals surface area contributed by atoms with Crippen LogP contribution < -0.4 is 5.73 Å². The highest BCUT2D eigenvalue weighted by atomic mass is 19.4. The summed E-state index contributed by atoms with van der Waals surface area (Å²) in [6.45, 7) is 1.13. The fourth-order valence-corrected chi connectivity index (χ4v) is 5.52. The lowest BCUT2D eigenvalue weighted by atomic mass is 9.94. The maximum Gasteiger partial charge on any atom is 0.408 e. The lowest BCUT2D eigenvalue weighted by Crippen LogP contribution is -2.38. The summed E-state index contributed by atoms with van der Waals surface area (Å²) >= 11 is 0. The molecule has 1 saturated carbocycles. The number of likely N-dealkylation sites (tertiary alicyclic amines) is 1. The number of fused-ring (bicyclic) bond motifs is 2. The molecule has 6 rings (SSSR count). The highest BCUT2D eigenvalue weighted by molar-refractivity contribution is 5.85. The summed E-state index contributed by atoms with van der Waals surface area (Å²) in [5, 5.41) is 9.49. The molecule has 0 radical (unpaired) electrons. The largest absolute Gasteiger partial charge is 0.408 e. The topological polar surface area (TPSA) is 81.6 Å². The van der Waals surface area contributed by atoms with Crippen LogP contribution in [-0.2, 0) is 10.2 Å². The minimum Gasteiger partial charge on any atom is -0.384 e. The molecule has 0 spiro atoms. The summed E-state index contributed by atoms with van der Waals surface area (Å²) in [6, 6.07) is 11.0. The molecule has 10 heteroatoms. The average Bonchev–Trinajstić information content (AvgIpc) is 3.31. The molecule has 188 valence electrons. The number of rotatable bonds is 6. The van der Waals surface area contributed by atoms with Crippen LogP contribution in [0.15, 0.2) is 48.7 Å². The first-order valence-electron chi connectivity index (χ1n) is 12.1. The van der Waals surface area contributed by atoms with Crippen molar-refractivity contribution in [3.63, 3.8) is 0 Å². The molecular formula is C26H27F3N6O. The number of aromatic nitrogens is 4. The number of pyridine rings is 2. The van der Waals surface area contributed by atoms with Gasteiger partial charge in [-0.05, 0) is 42.5 Å². The SMILES string of the molecule is COCC1(c2cccc3ccc(-c4nnc5ccc([C@@H](N6CC[C@H](N)C6)C(F)(F)F)cn45)nc23)CC1. The normalized spacial score (nSPS) is 20.9. The quantitative estimate of drug-likeness (QED) is 0.430. The zero-order valence-electron chi connectivity index (χ0n) is 19.9. The molecule has 4 heterocycles. The van der Waals surface area contributed by atoms with Crippen molar-refractivity contribution in [2.75, 3.05) is 26.8 Å². The van der Waals surface area contributed by atoms with Crippen molar-refractivity contribution in [1.82, 2.24) is 24.5 Å². The molecule has 1 aliphatic heterocycles. The standard InChI is InChI=1S/C26H27F3N6O/c1-36-15-25(10-11-25)19-4-2-3-16-5-7-20(31-22(16)19)24-33-32-21-8-6-17(13-35(21)24)23(26(27,28)29)34-12-9-18(30)14-34/h2-8,13,18,23H,9-12,14-15,30H2,1H3/t18-,23+/m0/s1. The van der Waals surface area contributed by atoms with E-state index in [1.54, 1.807) is 17.6 Å². The summed E-state index contributed by atoms with van der Waals surface area (Å²) < 4.78 is 49.7. The van der Waals surface area contributed by atoms with Crippen molar-refractivity contribution in [2.24, 2.45) is 5.73 Å². The molecule has 0 bridgehead atoms. The highest BCUT2D eigenvalue weighted by Crippen LogP contribution is 2.50. The lowest BCUT2D eigenvalue weighted by Gasteiger charge is -2.30. The van der Waals surface area contributed by atoms with Crippen LogP contribution in [-0.4, -0.2) is 63.5 Å². The maximum absolute atomic E-state index is 14.2. The third kappa shape index (κ3) is 3.93. The molecule has 0 amide bonds. The molecule has 1 aromatic carbocycles. The average molecular weight is 497 g/mol. The number of methoxy groups -OCH3 is 1. The first kappa shape index (κ1) is 23.3. The van der Waals surface area contributed by atoms with Gasteiger partial charge in [0.25, 0.3) is 0 Å². The number of para-hydroxylation sites is 1. The van der Waals surface area contributed by atoms with Gasteiger partial charge in [-0.3, -0.25) is 9.30 Å². The van der Waals surface area contributed by atoms with Crippen molar-refractivity contribution in [2.45, 2.75) is 42.9 Å². The summed E-state index contributed by atoms with van der Waals surface area (Å²) in [7, 11) is 1.70. The third-order valence-corrected chi connectivity index (χ3v) is 7.47. The van der Waals surface area contributed by atoms with Crippen molar-refractivity contribution in [3.8, 4) is 11.5 Å². The molecule has 1 saturated heterocycles. The van der Waals surface area contributed by atoms with Crippen LogP contribution in [0, 0.1) is 0 Å². The highest BCUT2D eigenvalue weighted by Gasteiger charge is 2.47. The maximum atomic E-state index is 14.2. The van der Waals surface area contributed by atoms with Crippen molar-refractivity contribution < 1.29 is 17.9 Å². The number of hydrogen-bond donors (Lipinski definition) is 1. The lowest BCUT2D eigenvalue weighted by molar-refractivity contribution is -0.183. The Bertz CT molecular complexity index is 1430. The van der Waals surface area contributed by atoms with Crippen LogP contribution in [0.1, 0.15) is 36.4 Å². The van der Waals surface area contributed by atoms with E-state index in [1.165, 1.54) is 17.2 Å². The molecule has 2 fully saturated rings. The second-order valence-electron chi connectivity index (χ2n) is 9.99. The van der Waals surface area contributed by atoms with Gasteiger partial charge < -0.3 is 10.5 Å². The Morgan fingerprint density at radius 1 is 1.14 bits per heavy atom. The number of benzene rings is 1. The van der Waals surface area contributed by atoms with Crippen molar-refractivity contribution >= 4 is 16.6 Å². The molecule has 2 aliphatic rings. The zero-order valence-corrected chi connectivity index (χ0v) is 19.9. The summed E-state index contributed by atoms with van der Waals surface area (Å²) in [6.07, 6.45) is -0.357. The molecule has 2 N–H and O–H groups in total. The zero-order chi connectivity index (χ0) is 25.1. The predicted octanol–water partition coefficient (Wildman–Crippen LogP) is 4.26. The van der Waals surface area contributed by atoms with Gasteiger partial charge >= 0.3 is 6.18 Å². The second kappa shape index (κ2) is 8.50. The molecule has 7 nitrogen and oxygen atoms in total. The van der Waals surface area contributed by atoms with Gasteiger partial charge in [0.05, 0.1) is 12.1 Å². The van der Waals surface area contributed by atoms with E-state index >= 15 is 0 Å². The van der Waals surface area contributed by atoms with E-state index in [-0.39, 0.29) is 23.6 Å². The van der Waals surface area contributed by atoms with Crippen LogP contribution >= 0.6 is 0 Å². The first-order valence-corrected chi connectivity index (χ1v) is 12.1. The fraction of sp³-hybridized carbons (Fsp3) is 0.423. The van der Waals surface area contributed by atoms with E-state index in [9.17, 15) is 13.2 Å². The number of alkyl halides is 3. The van der Waals surface area contributed by atoms with Gasteiger partial charge in [0.2, 0.25) is 0 Å². The minimum absolute atomic E-state index is 0.0452. The Morgan fingerprint density at radius 3 is 2.67 bits per heavy atom. The Labute approximate surface area is 206 Å². The molecule has 2 atom stereocenters. The number of nitrogens with zero attached hydrogens (tertiary/aromatic N) is 5. The van der Waals surface area contributed by atoms with Gasteiger partial charge in [-0.2, -0.15) is 13.2 Å². The van der Waals surface area contributed by atoms with E-state index < -0.39 is 12.2 Å². The van der Waals surface area contributed by atoms with Gasteiger partial charge in [0.1, 0.15) is 11.7 Å². The van der Waals surface area contributed by atoms with Crippen LogP contribution in [0.5, 0.6) is 0 Å². The van der Waals surface area contributed by atoms with Crippen LogP contribution in [0.3, 0.4) is 0 Å². The summed E-state index contributed by atoms with van der Waals surface area (Å²) in [4.78, 5) is 6.34. The molecule has 1 aliphatic carbocycles. The van der Waals surface area contributed by atoms with E-state index in [0.717, 1.165) is 29.3 Å². The Balaban J connectivity index is 1.45. The van der Waals surface area contributed by atoms with Gasteiger partial charge in [-0.25, -0.2) is 4.98 Å².